The molecule has 1 amide bonds. The van der Waals surface area contributed by atoms with Gasteiger partial charge in [-0.1, -0.05) is 30.3 Å². The van der Waals surface area contributed by atoms with Crippen molar-refractivity contribution in [2.24, 2.45) is 11.7 Å². The van der Waals surface area contributed by atoms with Gasteiger partial charge in [-0.3, -0.25) is 4.79 Å². The normalized spacial score (nSPS) is 20.1. The van der Waals surface area contributed by atoms with Gasteiger partial charge in [-0.15, -0.1) is 0 Å². The van der Waals surface area contributed by atoms with Crippen LogP contribution < -0.4 is 5.73 Å². The first-order valence-corrected chi connectivity index (χ1v) is 7.28. The second-order valence-corrected chi connectivity index (χ2v) is 5.51. The predicted molar refractivity (Wildman–Crippen MR) is 79.2 cm³/mol. The predicted octanol–water partition coefficient (Wildman–Crippen LogP) is 1.96. The van der Waals surface area contributed by atoms with E-state index in [4.69, 9.17) is 10.5 Å². The lowest BCUT2D eigenvalue weighted by Crippen LogP contribution is -2.29. The molecule has 4 heteroatoms. The highest BCUT2D eigenvalue weighted by Gasteiger charge is 2.26. The lowest BCUT2D eigenvalue weighted by atomic mass is 10.0. The molecule has 1 aliphatic heterocycles. The van der Waals surface area contributed by atoms with Crippen LogP contribution in [0.15, 0.2) is 30.3 Å². The summed E-state index contributed by atoms with van der Waals surface area (Å²) in [6, 6.07) is 9.90. The third-order valence-electron chi connectivity index (χ3n) is 3.94. The van der Waals surface area contributed by atoms with Crippen molar-refractivity contribution in [1.29, 1.82) is 0 Å². The smallest absolute Gasteiger partial charge is 0.222 e. The fraction of sp³-hybridized carbons (Fsp3) is 0.562. The molecule has 2 atom stereocenters. The zero-order valence-electron chi connectivity index (χ0n) is 12.1. The number of carbonyl (C=O) groups excluding carboxylic acids is 1. The molecule has 110 valence electrons. The summed E-state index contributed by atoms with van der Waals surface area (Å²) in [7, 11) is 1.71. The van der Waals surface area contributed by atoms with Crippen LogP contribution in [-0.4, -0.2) is 37.6 Å². The van der Waals surface area contributed by atoms with Gasteiger partial charge in [0.2, 0.25) is 5.91 Å². The second-order valence-electron chi connectivity index (χ2n) is 5.51. The Morgan fingerprint density at radius 1 is 1.45 bits per heavy atom. The zero-order valence-corrected chi connectivity index (χ0v) is 12.1. The van der Waals surface area contributed by atoms with Gasteiger partial charge in [0, 0.05) is 38.6 Å². The number of hydrogen-bond acceptors (Lipinski definition) is 3. The van der Waals surface area contributed by atoms with Gasteiger partial charge in [0.1, 0.15) is 0 Å². The molecular weight excluding hydrogens is 252 g/mol. The Bertz CT molecular complexity index is 422. The largest absolute Gasteiger partial charge is 0.384 e. The Labute approximate surface area is 120 Å². The van der Waals surface area contributed by atoms with E-state index in [1.807, 2.05) is 35.2 Å². The maximum absolute atomic E-state index is 12.2. The fourth-order valence-corrected chi connectivity index (χ4v) is 2.73. The molecule has 1 aliphatic rings. The first-order chi connectivity index (χ1) is 9.70. The van der Waals surface area contributed by atoms with E-state index in [0.29, 0.717) is 18.8 Å². The first-order valence-electron chi connectivity index (χ1n) is 7.28. The highest BCUT2D eigenvalue weighted by atomic mass is 16.5. The Morgan fingerprint density at radius 3 is 2.90 bits per heavy atom. The van der Waals surface area contributed by atoms with E-state index in [9.17, 15) is 4.79 Å². The van der Waals surface area contributed by atoms with Crippen molar-refractivity contribution in [3.63, 3.8) is 0 Å². The van der Waals surface area contributed by atoms with E-state index in [1.54, 1.807) is 7.11 Å². The minimum absolute atomic E-state index is 0.0578. The monoisotopic (exact) mass is 276 g/mol. The van der Waals surface area contributed by atoms with Crippen LogP contribution in [0, 0.1) is 5.92 Å². The van der Waals surface area contributed by atoms with Crippen LogP contribution in [0.3, 0.4) is 0 Å². The fourth-order valence-electron chi connectivity index (χ4n) is 2.73. The number of methoxy groups -OCH3 is 1. The highest BCUT2D eigenvalue weighted by molar-refractivity contribution is 5.76. The number of ether oxygens (including phenoxy) is 1. The molecule has 4 nitrogen and oxygen atoms in total. The summed E-state index contributed by atoms with van der Waals surface area (Å²) in [6.07, 6.45) is 2.27. The van der Waals surface area contributed by atoms with Crippen LogP contribution in [0.2, 0.25) is 0 Å². The van der Waals surface area contributed by atoms with Gasteiger partial charge in [0.05, 0.1) is 6.61 Å². The van der Waals surface area contributed by atoms with E-state index >= 15 is 0 Å². The number of hydrogen-bond donors (Lipinski definition) is 1. The van der Waals surface area contributed by atoms with E-state index in [1.165, 1.54) is 0 Å². The summed E-state index contributed by atoms with van der Waals surface area (Å²) in [5.74, 6) is 0.710. The zero-order chi connectivity index (χ0) is 14.4. The molecule has 2 unspecified atom stereocenters. The van der Waals surface area contributed by atoms with Crippen molar-refractivity contribution in [2.45, 2.75) is 25.3 Å². The van der Waals surface area contributed by atoms with Crippen molar-refractivity contribution in [1.82, 2.24) is 4.90 Å². The number of amides is 1. The van der Waals surface area contributed by atoms with Gasteiger partial charge in [0.25, 0.3) is 0 Å². The molecular formula is C16H24N2O2. The summed E-state index contributed by atoms with van der Waals surface area (Å²) >= 11 is 0. The molecule has 1 saturated heterocycles. The van der Waals surface area contributed by atoms with Crippen molar-refractivity contribution in [3.8, 4) is 0 Å². The third-order valence-corrected chi connectivity index (χ3v) is 3.94. The molecule has 0 aromatic heterocycles. The van der Waals surface area contributed by atoms with Crippen molar-refractivity contribution in [3.05, 3.63) is 35.9 Å². The lowest BCUT2D eigenvalue weighted by molar-refractivity contribution is -0.130. The molecule has 1 aromatic rings. The quantitative estimate of drug-likeness (QED) is 0.864. The highest BCUT2D eigenvalue weighted by Crippen LogP contribution is 2.20. The third kappa shape index (κ3) is 4.05. The molecule has 2 rings (SSSR count). The molecule has 1 fully saturated rings. The van der Waals surface area contributed by atoms with E-state index in [-0.39, 0.29) is 11.9 Å². The minimum Gasteiger partial charge on any atom is -0.384 e. The summed E-state index contributed by atoms with van der Waals surface area (Å²) in [6.45, 7) is 2.42. The topological polar surface area (TPSA) is 55.6 Å². The summed E-state index contributed by atoms with van der Waals surface area (Å²) in [5, 5.41) is 0. The van der Waals surface area contributed by atoms with Crippen LogP contribution >= 0.6 is 0 Å². The van der Waals surface area contributed by atoms with Crippen LogP contribution in [-0.2, 0) is 9.53 Å². The van der Waals surface area contributed by atoms with E-state index < -0.39 is 0 Å². The molecule has 1 heterocycles. The Morgan fingerprint density at radius 2 is 2.20 bits per heavy atom. The molecule has 1 aromatic carbocycles. The van der Waals surface area contributed by atoms with Crippen LogP contribution in [0.5, 0.6) is 0 Å². The summed E-state index contributed by atoms with van der Waals surface area (Å²) in [4.78, 5) is 14.1. The molecule has 0 saturated carbocycles. The molecule has 20 heavy (non-hydrogen) atoms. The Kier molecular flexibility index (Phi) is 5.56. The second kappa shape index (κ2) is 7.41. The van der Waals surface area contributed by atoms with Gasteiger partial charge >= 0.3 is 0 Å². The maximum Gasteiger partial charge on any atom is 0.222 e. The van der Waals surface area contributed by atoms with Gasteiger partial charge in [-0.2, -0.15) is 0 Å². The molecule has 0 spiro atoms. The number of benzene rings is 1. The first kappa shape index (κ1) is 15.0. The molecule has 0 aliphatic carbocycles. The molecule has 0 radical (unpaired) electrons. The average Bonchev–Trinajstić information content (AvgIpc) is 2.94. The minimum atomic E-state index is -0.0578. The van der Waals surface area contributed by atoms with Gasteiger partial charge in [-0.05, 0) is 18.4 Å². The van der Waals surface area contributed by atoms with Gasteiger partial charge in [-0.25, -0.2) is 0 Å². The lowest BCUT2D eigenvalue weighted by Gasteiger charge is -2.18. The number of nitrogens with zero attached hydrogens (tertiary/aromatic N) is 1. The number of likely N-dealkylation sites (tertiary alicyclic amines) is 1. The van der Waals surface area contributed by atoms with Gasteiger partial charge < -0.3 is 15.4 Å². The van der Waals surface area contributed by atoms with E-state index in [2.05, 4.69) is 0 Å². The Hall–Kier alpha value is -1.39. The van der Waals surface area contributed by atoms with Gasteiger partial charge in [0.15, 0.2) is 0 Å². The van der Waals surface area contributed by atoms with Crippen molar-refractivity contribution >= 4 is 5.91 Å². The van der Waals surface area contributed by atoms with Crippen LogP contribution in [0.1, 0.15) is 30.9 Å². The van der Waals surface area contributed by atoms with Crippen molar-refractivity contribution in [2.75, 3.05) is 26.8 Å². The number of carbonyl (C=O) groups is 1. The van der Waals surface area contributed by atoms with Crippen LogP contribution in [0.25, 0.3) is 0 Å². The maximum atomic E-state index is 12.2. The number of rotatable bonds is 6. The summed E-state index contributed by atoms with van der Waals surface area (Å²) in [5.41, 5.74) is 7.22. The number of nitrogens with two attached hydrogens (primary N) is 1. The van der Waals surface area contributed by atoms with Crippen molar-refractivity contribution < 1.29 is 9.53 Å². The Balaban J connectivity index is 1.75. The van der Waals surface area contributed by atoms with E-state index in [0.717, 1.165) is 31.7 Å². The SMILES string of the molecule is COCC1CCN(C(=O)CCC(N)c2ccccc2)C1. The average molecular weight is 276 g/mol. The summed E-state index contributed by atoms with van der Waals surface area (Å²) < 4.78 is 5.15. The standard InChI is InChI=1S/C16H24N2O2/c1-20-12-13-9-10-18(11-13)16(19)8-7-15(17)14-5-3-2-4-6-14/h2-6,13,15H,7-12,17H2,1H3. The van der Waals surface area contributed by atoms with Crippen LogP contribution in [0.4, 0.5) is 0 Å². The molecule has 0 bridgehead atoms. The molecule has 2 N–H and O–H groups in total.